The van der Waals surface area contributed by atoms with Gasteiger partial charge in [-0.05, 0) is 75.8 Å². The number of aromatic nitrogens is 4. The van der Waals surface area contributed by atoms with E-state index in [1.807, 2.05) is 115 Å². The number of hydrogen-bond donors (Lipinski definition) is 0. The molecule has 8 aromatic carbocycles. The molecule has 0 aliphatic carbocycles. The Morgan fingerprint density at radius 2 is 0.759 bits per heavy atom. The van der Waals surface area contributed by atoms with Gasteiger partial charge in [-0.3, -0.25) is 0 Å². The highest BCUT2D eigenvalue weighted by Gasteiger charge is 2.17. The van der Waals surface area contributed by atoms with Gasteiger partial charge in [0, 0.05) is 33.0 Å². The summed E-state index contributed by atoms with van der Waals surface area (Å²) in [5.41, 5.74) is 14.3. The Balaban J connectivity index is 1.15. The zero-order chi connectivity index (χ0) is 38.8. The number of para-hydroxylation sites is 2. The van der Waals surface area contributed by atoms with Crippen LogP contribution in [0.2, 0.25) is 0 Å². The maximum absolute atomic E-state index is 9.74. The number of fused-ring (bicyclic) bond motifs is 2. The third-order valence-corrected chi connectivity index (χ3v) is 10.5. The quantitative estimate of drug-likeness (QED) is 0.163. The molecule has 10 rings (SSSR count). The number of benzene rings is 8. The van der Waals surface area contributed by atoms with Gasteiger partial charge in [0.25, 0.3) is 0 Å². The van der Waals surface area contributed by atoms with Crippen LogP contribution in [0.15, 0.2) is 200 Å². The molecule has 0 saturated carbocycles. The van der Waals surface area contributed by atoms with E-state index in [1.54, 1.807) is 0 Å². The van der Waals surface area contributed by atoms with Gasteiger partial charge < -0.3 is 0 Å². The predicted molar refractivity (Wildman–Crippen MR) is 235 cm³/mol. The van der Waals surface area contributed by atoms with E-state index >= 15 is 0 Å². The summed E-state index contributed by atoms with van der Waals surface area (Å²) in [6.45, 7) is 0. The highest BCUT2D eigenvalue weighted by atomic mass is 14.9. The molecule has 0 bridgehead atoms. The molecule has 2 aromatic heterocycles. The van der Waals surface area contributed by atoms with Crippen LogP contribution in [0.25, 0.3) is 100 Å². The lowest BCUT2D eigenvalue weighted by molar-refractivity contribution is 1.23. The van der Waals surface area contributed by atoms with Crippen LogP contribution in [0.5, 0.6) is 0 Å². The van der Waals surface area contributed by atoms with Crippen molar-refractivity contribution in [2.24, 2.45) is 0 Å². The SMILES string of the molecule is N#Cc1cccc(-c2ccc(-c3cccc(-c4nc(-c5ccccc5)nc5ccccc45)c3)c(-c3cccc(-c4nc(-c5ccccc5)nc5ccccc45)c3)c2)c1. The second kappa shape index (κ2) is 14.9. The van der Waals surface area contributed by atoms with Crippen molar-refractivity contribution in [2.45, 2.75) is 0 Å². The summed E-state index contributed by atoms with van der Waals surface area (Å²) in [7, 11) is 0. The highest BCUT2D eigenvalue weighted by Crippen LogP contribution is 2.40. The molecule has 0 saturated heterocycles. The molecule has 10 aromatic rings. The Kier molecular flexibility index (Phi) is 8.83. The lowest BCUT2D eigenvalue weighted by atomic mass is 9.89. The van der Waals surface area contributed by atoms with E-state index in [1.165, 1.54) is 0 Å². The zero-order valence-corrected chi connectivity index (χ0v) is 31.3. The molecule has 0 unspecified atom stereocenters. The third-order valence-electron chi connectivity index (χ3n) is 10.5. The molecule has 5 heteroatoms. The average Bonchev–Trinajstić information content (AvgIpc) is 3.31. The molecule has 0 amide bonds. The van der Waals surface area contributed by atoms with Crippen molar-refractivity contribution in [1.82, 2.24) is 19.9 Å². The van der Waals surface area contributed by atoms with Crippen molar-refractivity contribution >= 4 is 21.8 Å². The van der Waals surface area contributed by atoms with Gasteiger partial charge >= 0.3 is 0 Å². The molecule has 0 radical (unpaired) electrons. The van der Waals surface area contributed by atoms with Crippen molar-refractivity contribution in [3.63, 3.8) is 0 Å². The maximum Gasteiger partial charge on any atom is 0.160 e. The van der Waals surface area contributed by atoms with E-state index in [4.69, 9.17) is 19.9 Å². The molecule has 5 nitrogen and oxygen atoms in total. The van der Waals surface area contributed by atoms with Crippen molar-refractivity contribution in [3.05, 3.63) is 206 Å². The molecule has 0 N–H and O–H groups in total. The summed E-state index contributed by atoms with van der Waals surface area (Å²) in [5.74, 6) is 1.37. The summed E-state index contributed by atoms with van der Waals surface area (Å²) >= 11 is 0. The molecule has 58 heavy (non-hydrogen) atoms. The van der Waals surface area contributed by atoms with Gasteiger partial charge in [0.05, 0.1) is 34.1 Å². The second-order valence-corrected chi connectivity index (χ2v) is 14.2. The standard InChI is InChI=1S/C53H33N5/c54-34-35-14-11-19-38(30-35)39-28-29-44(40-20-12-22-42(31-40)50-45-24-7-9-26-48(45)55-52(57-50)36-15-3-1-4-16-36)47(33-39)41-21-13-23-43(32-41)51-46-25-8-10-27-49(46)56-53(58-51)37-17-5-2-6-18-37/h1-33H. The minimum atomic E-state index is 0.620. The average molecular weight is 740 g/mol. The fraction of sp³-hybridized carbons (Fsp3) is 0. The first-order valence-electron chi connectivity index (χ1n) is 19.2. The van der Waals surface area contributed by atoms with E-state index in [0.717, 1.165) is 88.8 Å². The number of nitrogens with zero attached hydrogens (tertiary/aromatic N) is 5. The molecule has 0 atom stereocenters. The van der Waals surface area contributed by atoms with Crippen LogP contribution >= 0.6 is 0 Å². The Morgan fingerprint density at radius 3 is 1.33 bits per heavy atom. The molecular weight excluding hydrogens is 707 g/mol. The van der Waals surface area contributed by atoms with Gasteiger partial charge in [0.1, 0.15) is 0 Å². The fourth-order valence-corrected chi connectivity index (χ4v) is 7.68. The van der Waals surface area contributed by atoms with E-state index in [0.29, 0.717) is 17.2 Å². The highest BCUT2D eigenvalue weighted by molar-refractivity contribution is 5.97. The van der Waals surface area contributed by atoms with Crippen LogP contribution < -0.4 is 0 Å². The van der Waals surface area contributed by atoms with Crippen LogP contribution in [0, 0.1) is 11.3 Å². The van der Waals surface area contributed by atoms with Gasteiger partial charge in [0.2, 0.25) is 0 Å². The number of nitriles is 1. The topological polar surface area (TPSA) is 75.3 Å². The van der Waals surface area contributed by atoms with E-state index in [9.17, 15) is 5.26 Å². The lowest BCUT2D eigenvalue weighted by Crippen LogP contribution is -1.96. The van der Waals surface area contributed by atoms with E-state index in [-0.39, 0.29) is 0 Å². The Morgan fingerprint density at radius 1 is 0.310 bits per heavy atom. The van der Waals surface area contributed by atoms with E-state index in [2.05, 4.69) is 91.0 Å². The second-order valence-electron chi connectivity index (χ2n) is 14.2. The monoisotopic (exact) mass is 739 g/mol. The van der Waals surface area contributed by atoms with Crippen LogP contribution in [0.1, 0.15) is 5.56 Å². The maximum atomic E-state index is 9.74. The minimum Gasteiger partial charge on any atom is -0.228 e. The van der Waals surface area contributed by atoms with Gasteiger partial charge in [-0.1, -0.05) is 158 Å². The van der Waals surface area contributed by atoms with Crippen LogP contribution in [-0.2, 0) is 0 Å². The first-order valence-corrected chi connectivity index (χ1v) is 19.2. The molecule has 0 spiro atoms. The molecule has 0 fully saturated rings. The summed E-state index contributed by atoms with van der Waals surface area (Å²) in [5, 5.41) is 11.7. The summed E-state index contributed by atoms with van der Waals surface area (Å²) in [6.07, 6.45) is 0. The first-order chi connectivity index (χ1) is 28.7. The van der Waals surface area contributed by atoms with Crippen LogP contribution in [0.4, 0.5) is 0 Å². The third kappa shape index (κ3) is 6.55. The molecule has 2 heterocycles. The Labute approximate surface area is 336 Å². The Hall–Kier alpha value is -8.07. The minimum absolute atomic E-state index is 0.620. The van der Waals surface area contributed by atoms with Gasteiger partial charge in [-0.15, -0.1) is 0 Å². The molecule has 270 valence electrons. The van der Waals surface area contributed by atoms with Gasteiger partial charge in [-0.25, -0.2) is 19.9 Å². The van der Waals surface area contributed by atoms with Crippen LogP contribution in [0.3, 0.4) is 0 Å². The van der Waals surface area contributed by atoms with Gasteiger partial charge in [0.15, 0.2) is 11.6 Å². The Bertz CT molecular complexity index is 3190. The van der Waals surface area contributed by atoms with E-state index < -0.39 is 0 Å². The molecular formula is C53H33N5. The first kappa shape index (κ1) is 34.4. The molecule has 0 aliphatic rings. The predicted octanol–water partition coefficient (Wildman–Crippen LogP) is 13.1. The zero-order valence-electron chi connectivity index (χ0n) is 31.3. The number of rotatable bonds is 7. The summed E-state index contributed by atoms with van der Waals surface area (Å²) in [6, 6.07) is 70.5. The smallest absolute Gasteiger partial charge is 0.160 e. The fourth-order valence-electron chi connectivity index (χ4n) is 7.68. The normalized spacial score (nSPS) is 11.1. The lowest BCUT2D eigenvalue weighted by Gasteiger charge is -2.16. The van der Waals surface area contributed by atoms with Crippen LogP contribution in [-0.4, -0.2) is 19.9 Å². The van der Waals surface area contributed by atoms with Crippen molar-refractivity contribution in [1.29, 1.82) is 5.26 Å². The van der Waals surface area contributed by atoms with Crippen molar-refractivity contribution in [3.8, 4) is 84.7 Å². The van der Waals surface area contributed by atoms with Crippen molar-refractivity contribution < 1.29 is 0 Å². The largest absolute Gasteiger partial charge is 0.228 e. The summed E-state index contributed by atoms with van der Waals surface area (Å²) in [4.78, 5) is 20.3. The van der Waals surface area contributed by atoms with Gasteiger partial charge in [-0.2, -0.15) is 5.26 Å². The number of hydrogen-bond acceptors (Lipinski definition) is 5. The molecule has 0 aliphatic heterocycles. The van der Waals surface area contributed by atoms with Crippen molar-refractivity contribution in [2.75, 3.05) is 0 Å². The summed E-state index contributed by atoms with van der Waals surface area (Å²) < 4.78 is 0.